The molecule has 1 aliphatic rings. The van der Waals surface area contributed by atoms with Gasteiger partial charge in [0.05, 0.1) is 20.8 Å². The lowest BCUT2D eigenvalue weighted by molar-refractivity contribution is -0.132. The summed E-state index contributed by atoms with van der Waals surface area (Å²) in [5, 5.41) is 3.41. The molecule has 1 aliphatic heterocycles. The van der Waals surface area contributed by atoms with Gasteiger partial charge in [0.2, 0.25) is 5.91 Å². The predicted octanol–water partition coefficient (Wildman–Crippen LogP) is 2.13. The number of piperazine rings is 1. The Hall–Kier alpha value is -2.35. The summed E-state index contributed by atoms with van der Waals surface area (Å²) in [7, 11) is 5.05. The summed E-state index contributed by atoms with van der Waals surface area (Å²) >= 11 is 0. The van der Waals surface area contributed by atoms with E-state index in [1.165, 1.54) is 0 Å². The number of nitrogens with one attached hydrogen (secondary N) is 1. The van der Waals surface area contributed by atoms with E-state index in [2.05, 4.69) is 21.3 Å². The van der Waals surface area contributed by atoms with Crippen molar-refractivity contribution in [2.45, 2.75) is 12.6 Å². The Morgan fingerprint density at radius 1 is 1.28 bits per heavy atom. The van der Waals surface area contributed by atoms with Crippen LogP contribution in [-0.2, 0) is 11.3 Å². The minimum absolute atomic E-state index is 0. The first kappa shape index (κ1) is 22.9. The van der Waals surface area contributed by atoms with E-state index in [4.69, 9.17) is 9.47 Å². The molecule has 3 rings (SSSR count). The summed E-state index contributed by atoms with van der Waals surface area (Å²) in [6.07, 6.45) is 3.65. The number of methoxy groups -OCH3 is 2. The molecule has 1 fully saturated rings. The van der Waals surface area contributed by atoms with Crippen LogP contribution >= 0.6 is 12.4 Å². The molecular formula is C21H29ClN4O3. The largest absolute Gasteiger partial charge is 0.493 e. The molecule has 1 unspecified atom stereocenters. The number of ether oxygens (including phenoxy) is 2. The van der Waals surface area contributed by atoms with Crippen molar-refractivity contribution >= 4 is 18.3 Å². The van der Waals surface area contributed by atoms with Crippen LogP contribution in [-0.4, -0.2) is 68.1 Å². The van der Waals surface area contributed by atoms with Crippen LogP contribution in [0.15, 0.2) is 42.7 Å². The number of carbonyl (C=O) groups excluding carboxylic acids is 1. The van der Waals surface area contributed by atoms with E-state index in [1.807, 2.05) is 37.5 Å². The van der Waals surface area contributed by atoms with Crippen LogP contribution in [0, 0.1) is 0 Å². The lowest BCUT2D eigenvalue weighted by atomic mass is 10.1. The molecule has 1 aromatic heterocycles. The van der Waals surface area contributed by atoms with Gasteiger partial charge in [-0.05, 0) is 29.3 Å². The number of pyridine rings is 1. The minimum atomic E-state index is 0. The number of halogens is 1. The molecule has 1 aromatic carbocycles. The monoisotopic (exact) mass is 420 g/mol. The van der Waals surface area contributed by atoms with Crippen LogP contribution in [0.3, 0.4) is 0 Å². The number of hydrogen-bond donors (Lipinski definition) is 1. The van der Waals surface area contributed by atoms with Crippen LogP contribution in [0.1, 0.15) is 17.2 Å². The van der Waals surface area contributed by atoms with Crippen molar-refractivity contribution in [2.75, 3.05) is 47.4 Å². The van der Waals surface area contributed by atoms with Crippen LogP contribution in [0.25, 0.3) is 0 Å². The smallest absolute Gasteiger partial charge is 0.236 e. The highest BCUT2D eigenvalue weighted by molar-refractivity contribution is 5.85. The van der Waals surface area contributed by atoms with Gasteiger partial charge in [-0.1, -0.05) is 12.1 Å². The van der Waals surface area contributed by atoms with Crippen LogP contribution in [0.5, 0.6) is 11.5 Å². The zero-order chi connectivity index (χ0) is 19.9. The van der Waals surface area contributed by atoms with Crippen molar-refractivity contribution in [3.8, 4) is 11.5 Å². The molecule has 0 bridgehead atoms. The van der Waals surface area contributed by atoms with Gasteiger partial charge in [-0.15, -0.1) is 12.4 Å². The second-order valence-corrected chi connectivity index (χ2v) is 6.92. The van der Waals surface area contributed by atoms with Gasteiger partial charge in [-0.2, -0.15) is 0 Å². The normalized spacial score (nSPS) is 16.6. The SMILES string of the molecule is COc1ccc(CN(C)C(=O)CN2CCNCC2c2cccnc2)cc1OC.Cl. The van der Waals surface area contributed by atoms with Gasteiger partial charge in [0, 0.05) is 51.7 Å². The maximum Gasteiger partial charge on any atom is 0.236 e. The topological polar surface area (TPSA) is 66.9 Å². The fourth-order valence-corrected chi connectivity index (χ4v) is 3.47. The van der Waals surface area contributed by atoms with Gasteiger partial charge in [0.1, 0.15) is 0 Å². The molecule has 158 valence electrons. The molecule has 29 heavy (non-hydrogen) atoms. The second kappa shape index (κ2) is 11.0. The summed E-state index contributed by atoms with van der Waals surface area (Å²) < 4.78 is 10.6. The first-order valence-electron chi connectivity index (χ1n) is 9.42. The second-order valence-electron chi connectivity index (χ2n) is 6.92. The van der Waals surface area contributed by atoms with E-state index < -0.39 is 0 Å². The van der Waals surface area contributed by atoms with Crippen molar-refractivity contribution in [1.29, 1.82) is 0 Å². The quantitative estimate of drug-likeness (QED) is 0.740. The van der Waals surface area contributed by atoms with Crippen LogP contribution in [0.4, 0.5) is 0 Å². The standard InChI is InChI=1S/C21H28N4O3.ClH/c1-24(14-16-6-7-19(27-2)20(11-16)28-3)21(26)15-25-10-9-23-13-18(25)17-5-4-8-22-12-17;/h4-8,11-12,18,23H,9-10,13-15H2,1-3H3;1H. The molecule has 0 saturated carbocycles. The third kappa shape index (κ3) is 5.82. The molecule has 1 atom stereocenters. The Morgan fingerprint density at radius 2 is 2.07 bits per heavy atom. The molecule has 0 spiro atoms. The molecule has 1 amide bonds. The zero-order valence-corrected chi connectivity index (χ0v) is 17.9. The first-order chi connectivity index (χ1) is 13.6. The van der Waals surface area contributed by atoms with Crippen molar-refractivity contribution in [2.24, 2.45) is 0 Å². The Bertz CT molecular complexity index is 791. The van der Waals surface area contributed by atoms with Crippen molar-refractivity contribution in [1.82, 2.24) is 20.1 Å². The van der Waals surface area contributed by atoms with E-state index in [-0.39, 0.29) is 24.4 Å². The number of carbonyl (C=O) groups is 1. The Kier molecular flexibility index (Phi) is 8.70. The lowest BCUT2D eigenvalue weighted by Gasteiger charge is -2.36. The number of amides is 1. The fourth-order valence-electron chi connectivity index (χ4n) is 3.47. The van der Waals surface area contributed by atoms with Gasteiger partial charge in [-0.3, -0.25) is 14.7 Å². The third-order valence-electron chi connectivity index (χ3n) is 5.06. The summed E-state index contributed by atoms with van der Waals surface area (Å²) in [6, 6.07) is 9.88. The van der Waals surface area contributed by atoms with Crippen molar-refractivity contribution in [3.63, 3.8) is 0 Å². The molecule has 7 nitrogen and oxygen atoms in total. The first-order valence-corrected chi connectivity index (χ1v) is 9.42. The summed E-state index contributed by atoms with van der Waals surface area (Å²) in [6.45, 7) is 3.42. The van der Waals surface area contributed by atoms with Gasteiger partial charge in [0.15, 0.2) is 11.5 Å². The van der Waals surface area contributed by atoms with Gasteiger partial charge in [-0.25, -0.2) is 0 Å². The van der Waals surface area contributed by atoms with Crippen LogP contribution in [0.2, 0.25) is 0 Å². The van der Waals surface area contributed by atoms with E-state index in [0.717, 1.165) is 30.8 Å². The third-order valence-corrected chi connectivity index (χ3v) is 5.06. The van der Waals surface area contributed by atoms with Crippen LogP contribution < -0.4 is 14.8 Å². The average Bonchev–Trinajstić information content (AvgIpc) is 2.74. The fraction of sp³-hybridized carbons (Fsp3) is 0.429. The Labute approximate surface area is 178 Å². The summed E-state index contributed by atoms with van der Waals surface area (Å²) in [5.41, 5.74) is 2.13. The van der Waals surface area contributed by atoms with Gasteiger partial charge < -0.3 is 19.7 Å². The highest BCUT2D eigenvalue weighted by Gasteiger charge is 2.26. The molecule has 0 aliphatic carbocycles. The van der Waals surface area contributed by atoms with Gasteiger partial charge >= 0.3 is 0 Å². The molecule has 1 N–H and O–H groups in total. The Morgan fingerprint density at radius 3 is 2.76 bits per heavy atom. The summed E-state index contributed by atoms with van der Waals surface area (Å²) in [5.74, 6) is 1.44. The molecule has 2 aromatic rings. The number of benzene rings is 1. The molecular weight excluding hydrogens is 392 g/mol. The zero-order valence-electron chi connectivity index (χ0n) is 17.1. The highest BCUT2D eigenvalue weighted by atomic mass is 35.5. The molecule has 8 heteroatoms. The Balaban J connectivity index is 0.00000300. The molecule has 2 heterocycles. The lowest BCUT2D eigenvalue weighted by Crippen LogP contribution is -2.49. The van der Waals surface area contributed by atoms with E-state index >= 15 is 0 Å². The maximum atomic E-state index is 12.9. The number of nitrogens with zero attached hydrogens (tertiary/aromatic N) is 3. The number of hydrogen-bond acceptors (Lipinski definition) is 6. The summed E-state index contributed by atoms with van der Waals surface area (Å²) in [4.78, 5) is 21.1. The minimum Gasteiger partial charge on any atom is -0.493 e. The molecule has 0 radical (unpaired) electrons. The van der Waals surface area contributed by atoms with Gasteiger partial charge in [0.25, 0.3) is 0 Å². The number of rotatable bonds is 7. The predicted molar refractivity (Wildman–Crippen MR) is 115 cm³/mol. The van der Waals surface area contributed by atoms with E-state index in [9.17, 15) is 4.79 Å². The highest BCUT2D eigenvalue weighted by Crippen LogP contribution is 2.28. The van der Waals surface area contributed by atoms with Crippen molar-refractivity contribution < 1.29 is 14.3 Å². The maximum absolute atomic E-state index is 12.9. The molecule has 1 saturated heterocycles. The van der Waals surface area contributed by atoms with Crippen molar-refractivity contribution in [3.05, 3.63) is 53.9 Å². The van der Waals surface area contributed by atoms with E-state index in [0.29, 0.717) is 24.6 Å². The number of likely N-dealkylation sites (N-methyl/N-ethyl adjacent to an activating group) is 1. The average molecular weight is 421 g/mol. The van der Waals surface area contributed by atoms with E-state index in [1.54, 1.807) is 25.3 Å². The number of aromatic nitrogens is 1.